The fraction of sp³-hybridized carbons (Fsp3) is 0.409. The number of carbonyl (C=O) groups is 1. The molecule has 2 aromatic carbocycles. The van der Waals surface area contributed by atoms with Crippen LogP contribution in [0, 0.1) is 5.82 Å². The Kier molecular flexibility index (Phi) is 6.82. The van der Waals surface area contributed by atoms with Crippen LogP contribution in [0.1, 0.15) is 17.5 Å². The second kappa shape index (κ2) is 9.51. The van der Waals surface area contributed by atoms with Crippen molar-refractivity contribution >= 4 is 5.91 Å². The molecule has 144 valence electrons. The minimum atomic E-state index is -0.136. The molecule has 0 bridgehead atoms. The summed E-state index contributed by atoms with van der Waals surface area (Å²) < 4.78 is 19.1. The summed E-state index contributed by atoms with van der Waals surface area (Å²) in [5, 5.41) is 0. The van der Waals surface area contributed by atoms with E-state index in [9.17, 15) is 9.18 Å². The topological polar surface area (TPSA) is 32.8 Å². The number of rotatable bonds is 7. The highest BCUT2D eigenvalue weighted by Gasteiger charge is 2.21. The lowest BCUT2D eigenvalue weighted by atomic mass is 10.1. The van der Waals surface area contributed by atoms with Crippen LogP contribution >= 0.6 is 0 Å². The van der Waals surface area contributed by atoms with Crippen molar-refractivity contribution in [3.8, 4) is 5.75 Å². The zero-order chi connectivity index (χ0) is 19.1. The van der Waals surface area contributed by atoms with E-state index in [0.717, 1.165) is 49.6 Å². The first kappa shape index (κ1) is 19.4. The van der Waals surface area contributed by atoms with Gasteiger partial charge in [0.15, 0.2) is 0 Å². The minimum absolute atomic E-state index is 0.136. The van der Waals surface area contributed by atoms with Crippen LogP contribution in [-0.4, -0.2) is 55.5 Å². The SMILES string of the molecule is COc1ccccc1CCC(=O)N1CCN(CCc2ccccc2F)CC1. The smallest absolute Gasteiger partial charge is 0.222 e. The molecule has 0 aromatic heterocycles. The van der Waals surface area contributed by atoms with Gasteiger partial charge in [0.1, 0.15) is 11.6 Å². The number of hydrogen-bond donors (Lipinski definition) is 0. The number of amides is 1. The number of methoxy groups -OCH3 is 1. The van der Waals surface area contributed by atoms with Gasteiger partial charge in [-0.3, -0.25) is 9.69 Å². The van der Waals surface area contributed by atoms with E-state index in [2.05, 4.69) is 4.90 Å². The fourth-order valence-electron chi connectivity index (χ4n) is 3.51. The van der Waals surface area contributed by atoms with Gasteiger partial charge in [0, 0.05) is 39.1 Å². The molecule has 1 amide bonds. The normalized spacial score (nSPS) is 15.0. The largest absolute Gasteiger partial charge is 0.496 e. The lowest BCUT2D eigenvalue weighted by Gasteiger charge is -2.35. The Morgan fingerprint density at radius 2 is 1.63 bits per heavy atom. The van der Waals surface area contributed by atoms with Crippen molar-refractivity contribution in [2.45, 2.75) is 19.3 Å². The molecule has 27 heavy (non-hydrogen) atoms. The maximum absolute atomic E-state index is 13.7. The highest BCUT2D eigenvalue weighted by molar-refractivity contribution is 5.76. The molecule has 4 nitrogen and oxygen atoms in total. The summed E-state index contributed by atoms with van der Waals surface area (Å²) in [7, 11) is 1.65. The van der Waals surface area contributed by atoms with E-state index in [0.29, 0.717) is 19.3 Å². The van der Waals surface area contributed by atoms with Crippen LogP contribution < -0.4 is 4.74 Å². The predicted molar refractivity (Wildman–Crippen MR) is 104 cm³/mol. The highest BCUT2D eigenvalue weighted by Crippen LogP contribution is 2.19. The molecule has 0 N–H and O–H groups in total. The maximum Gasteiger partial charge on any atom is 0.222 e. The van der Waals surface area contributed by atoms with Crippen LogP contribution in [0.25, 0.3) is 0 Å². The van der Waals surface area contributed by atoms with Gasteiger partial charge < -0.3 is 9.64 Å². The Labute approximate surface area is 160 Å². The summed E-state index contributed by atoms with van der Waals surface area (Å²) in [5.74, 6) is 0.889. The van der Waals surface area contributed by atoms with Gasteiger partial charge in [-0.2, -0.15) is 0 Å². The third-order valence-electron chi connectivity index (χ3n) is 5.18. The Hall–Kier alpha value is -2.40. The van der Waals surface area contributed by atoms with Crippen LogP contribution in [0.5, 0.6) is 5.75 Å². The molecule has 2 aromatic rings. The molecule has 1 heterocycles. The van der Waals surface area contributed by atoms with E-state index < -0.39 is 0 Å². The Morgan fingerprint density at radius 1 is 0.963 bits per heavy atom. The van der Waals surface area contributed by atoms with Gasteiger partial charge in [0.25, 0.3) is 0 Å². The molecular weight excluding hydrogens is 343 g/mol. The monoisotopic (exact) mass is 370 g/mol. The molecule has 1 aliphatic rings. The summed E-state index contributed by atoms with van der Waals surface area (Å²) in [6, 6.07) is 14.8. The number of nitrogens with zero attached hydrogens (tertiary/aromatic N) is 2. The third kappa shape index (κ3) is 5.30. The fourth-order valence-corrected chi connectivity index (χ4v) is 3.51. The summed E-state index contributed by atoms with van der Waals surface area (Å²) in [5.41, 5.74) is 1.82. The molecule has 3 rings (SSSR count). The van der Waals surface area contributed by atoms with Crippen molar-refractivity contribution < 1.29 is 13.9 Å². The summed E-state index contributed by atoms with van der Waals surface area (Å²) in [6.45, 7) is 3.98. The van der Waals surface area contributed by atoms with Crippen molar-refractivity contribution in [3.63, 3.8) is 0 Å². The van der Waals surface area contributed by atoms with Crippen LogP contribution in [0.3, 0.4) is 0 Å². The molecule has 1 aliphatic heterocycles. The molecule has 0 unspecified atom stereocenters. The van der Waals surface area contributed by atoms with Crippen molar-refractivity contribution in [2.24, 2.45) is 0 Å². The molecule has 1 saturated heterocycles. The number of aryl methyl sites for hydroxylation is 1. The quantitative estimate of drug-likeness (QED) is 0.751. The van der Waals surface area contributed by atoms with Crippen LogP contribution in [-0.2, 0) is 17.6 Å². The molecule has 1 fully saturated rings. The van der Waals surface area contributed by atoms with Gasteiger partial charge in [-0.25, -0.2) is 4.39 Å². The standard InChI is InChI=1S/C22H27FN2O2/c1-27-21-9-5-3-7-19(21)10-11-22(26)25-16-14-24(15-17-25)13-12-18-6-2-4-8-20(18)23/h2-9H,10-17H2,1H3. The second-order valence-corrected chi connectivity index (χ2v) is 6.88. The number of halogens is 1. The van der Waals surface area contributed by atoms with Crippen LogP contribution in [0.15, 0.2) is 48.5 Å². The second-order valence-electron chi connectivity index (χ2n) is 6.88. The minimum Gasteiger partial charge on any atom is -0.496 e. The zero-order valence-corrected chi connectivity index (χ0v) is 15.9. The number of hydrogen-bond acceptors (Lipinski definition) is 3. The van der Waals surface area contributed by atoms with Gasteiger partial charge in [-0.05, 0) is 36.1 Å². The van der Waals surface area contributed by atoms with E-state index in [-0.39, 0.29) is 11.7 Å². The summed E-state index contributed by atoms with van der Waals surface area (Å²) in [6.07, 6.45) is 1.89. The molecule has 0 aliphatic carbocycles. The molecule has 0 spiro atoms. The van der Waals surface area contributed by atoms with Gasteiger partial charge in [-0.15, -0.1) is 0 Å². The van der Waals surface area contributed by atoms with Gasteiger partial charge in [-0.1, -0.05) is 36.4 Å². The van der Waals surface area contributed by atoms with Gasteiger partial charge in [0.05, 0.1) is 7.11 Å². The Bertz CT molecular complexity index is 757. The number of para-hydroxylation sites is 1. The lowest BCUT2D eigenvalue weighted by molar-refractivity contribution is -0.132. The van der Waals surface area contributed by atoms with Crippen LogP contribution in [0.2, 0.25) is 0 Å². The molecule has 0 saturated carbocycles. The molecule has 5 heteroatoms. The highest BCUT2D eigenvalue weighted by atomic mass is 19.1. The molecular formula is C22H27FN2O2. The van der Waals surface area contributed by atoms with Crippen molar-refractivity contribution in [3.05, 3.63) is 65.5 Å². The number of benzene rings is 2. The average molecular weight is 370 g/mol. The Balaban J connectivity index is 1.42. The van der Waals surface area contributed by atoms with Crippen LogP contribution in [0.4, 0.5) is 4.39 Å². The lowest BCUT2D eigenvalue weighted by Crippen LogP contribution is -2.49. The van der Waals surface area contributed by atoms with E-state index in [1.807, 2.05) is 41.3 Å². The van der Waals surface area contributed by atoms with Gasteiger partial charge in [0.2, 0.25) is 5.91 Å². The molecule has 0 radical (unpaired) electrons. The molecule has 0 atom stereocenters. The van der Waals surface area contributed by atoms with E-state index in [1.54, 1.807) is 13.2 Å². The van der Waals surface area contributed by atoms with Crippen molar-refractivity contribution in [1.82, 2.24) is 9.80 Å². The van der Waals surface area contributed by atoms with E-state index in [4.69, 9.17) is 4.74 Å². The first-order valence-electron chi connectivity index (χ1n) is 9.53. The predicted octanol–water partition coefficient (Wildman–Crippen LogP) is 3.15. The zero-order valence-electron chi connectivity index (χ0n) is 15.9. The van der Waals surface area contributed by atoms with Crippen molar-refractivity contribution in [2.75, 3.05) is 39.8 Å². The summed E-state index contributed by atoms with van der Waals surface area (Å²) >= 11 is 0. The average Bonchev–Trinajstić information content (AvgIpc) is 2.72. The Morgan fingerprint density at radius 3 is 2.33 bits per heavy atom. The van der Waals surface area contributed by atoms with Crippen molar-refractivity contribution in [1.29, 1.82) is 0 Å². The van der Waals surface area contributed by atoms with E-state index in [1.165, 1.54) is 6.07 Å². The number of ether oxygens (including phenoxy) is 1. The third-order valence-corrected chi connectivity index (χ3v) is 5.18. The number of carbonyl (C=O) groups excluding carboxylic acids is 1. The number of piperazine rings is 1. The van der Waals surface area contributed by atoms with Gasteiger partial charge >= 0.3 is 0 Å². The van der Waals surface area contributed by atoms with E-state index >= 15 is 0 Å². The summed E-state index contributed by atoms with van der Waals surface area (Å²) in [4.78, 5) is 16.8. The first-order chi connectivity index (χ1) is 13.2. The first-order valence-corrected chi connectivity index (χ1v) is 9.53. The maximum atomic E-state index is 13.7.